The van der Waals surface area contributed by atoms with Gasteiger partial charge in [-0.2, -0.15) is 10.5 Å². The number of benzene rings is 1. The molecule has 2 bridgehead atoms. The third-order valence-corrected chi connectivity index (χ3v) is 6.82. The predicted octanol–water partition coefficient (Wildman–Crippen LogP) is 5.07. The van der Waals surface area contributed by atoms with Crippen molar-refractivity contribution in [2.75, 3.05) is 0 Å². The Labute approximate surface area is 196 Å². The number of carbonyl (C=O) groups excluding carboxylic acids is 1. The molecule has 2 saturated heterocycles. The largest absolute Gasteiger partial charge is 0.489 e. The standard InChI is InChI=1S/C26H33N3O4/c1-26(2,3)33-25(30)29-19-5-6-20(29)14-23(13-19)31-21-7-9-22(10-8-21)32-24-11-4-17(15-27)12-18(24)16-28/h4,11-12,19-23H,5-10,13-14H2,1-3H3. The number of ether oxygens (including phenoxy) is 3. The van der Waals surface area contributed by atoms with Gasteiger partial charge in [0.1, 0.15) is 17.4 Å². The number of nitriles is 2. The van der Waals surface area contributed by atoms with Gasteiger partial charge in [0.05, 0.1) is 35.5 Å². The summed E-state index contributed by atoms with van der Waals surface area (Å²) < 4.78 is 18.2. The number of hydrogen-bond donors (Lipinski definition) is 0. The Morgan fingerprint density at radius 3 is 2.15 bits per heavy atom. The summed E-state index contributed by atoms with van der Waals surface area (Å²) in [5.41, 5.74) is 0.387. The second-order valence-corrected chi connectivity index (χ2v) is 10.5. The lowest BCUT2D eigenvalue weighted by molar-refractivity contribution is -0.0812. The second-order valence-electron chi connectivity index (χ2n) is 10.5. The summed E-state index contributed by atoms with van der Waals surface area (Å²) >= 11 is 0. The van der Waals surface area contributed by atoms with E-state index >= 15 is 0 Å². The minimum absolute atomic E-state index is 0.0510. The van der Waals surface area contributed by atoms with Crippen molar-refractivity contribution in [1.82, 2.24) is 4.90 Å². The van der Waals surface area contributed by atoms with Crippen LogP contribution in [-0.4, -0.2) is 47.0 Å². The maximum atomic E-state index is 12.7. The molecule has 4 rings (SSSR count). The van der Waals surface area contributed by atoms with Crippen LogP contribution in [-0.2, 0) is 9.47 Å². The Bertz CT molecular complexity index is 936. The van der Waals surface area contributed by atoms with E-state index in [1.807, 2.05) is 25.7 Å². The van der Waals surface area contributed by atoms with Crippen LogP contribution in [0.25, 0.3) is 0 Å². The van der Waals surface area contributed by atoms with Crippen molar-refractivity contribution in [1.29, 1.82) is 10.5 Å². The van der Waals surface area contributed by atoms with E-state index in [1.54, 1.807) is 18.2 Å². The van der Waals surface area contributed by atoms with Crippen LogP contribution in [0.15, 0.2) is 18.2 Å². The molecule has 7 nitrogen and oxygen atoms in total. The number of rotatable bonds is 4. The Kier molecular flexibility index (Phi) is 6.81. The summed E-state index contributed by atoms with van der Waals surface area (Å²) in [5, 5.41) is 18.4. The fourth-order valence-corrected chi connectivity index (χ4v) is 5.38. The normalized spacial score (nSPS) is 29.1. The molecule has 0 radical (unpaired) electrons. The van der Waals surface area contributed by atoms with Gasteiger partial charge in [-0.3, -0.25) is 0 Å². The number of fused-ring (bicyclic) bond motifs is 2. The molecule has 2 unspecified atom stereocenters. The molecule has 7 heteroatoms. The van der Waals surface area contributed by atoms with Crippen LogP contribution in [0.2, 0.25) is 0 Å². The Balaban J connectivity index is 1.26. The van der Waals surface area contributed by atoms with Gasteiger partial charge in [0, 0.05) is 12.1 Å². The molecule has 3 fully saturated rings. The second kappa shape index (κ2) is 9.61. The maximum Gasteiger partial charge on any atom is 0.410 e. The Morgan fingerprint density at radius 1 is 0.939 bits per heavy atom. The van der Waals surface area contributed by atoms with Crippen LogP contribution in [0.1, 0.15) is 83.3 Å². The molecule has 1 saturated carbocycles. The van der Waals surface area contributed by atoms with Crippen molar-refractivity contribution < 1.29 is 19.0 Å². The van der Waals surface area contributed by atoms with Crippen LogP contribution in [0.3, 0.4) is 0 Å². The average Bonchev–Trinajstić information content (AvgIpc) is 3.05. The van der Waals surface area contributed by atoms with Crippen molar-refractivity contribution in [3.63, 3.8) is 0 Å². The average molecular weight is 452 g/mol. The zero-order valence-corrected chi connectivity index (χ0v) is 19.8. The third kappa shape index (κ3) is 5.60. The molecular formula is C26H33N3O4. The van der Waals surface area contributed by atoms with E-state index in [0.717, 1.165) is 51.4 Å². The van der Waals surface area contributed by atoms with Gasteiger partial charge < -0.3 is 19.1 Å². The van der Waals surface area contributed by atoms with Gasteiger partial charge in [0.15, 0.2) is 0 Å². The zero-order valence-electron chi connectivity index (χ0n) is 19.8. The fraction of sp³-hybridized carbons (Fsp3) is 0.654. The lowest BCUT2D eigenvalue weighted by Crippen LogP contribution is -2.50. The predicted molar refractivity (Wildman–Crippen MR) is 122 cm³/mol. The molecule has 0 aromatic heterocycles. The number of piperidine rings is 1. The molecule has 1 aromatic carbocycles. The lowest BCUT2D eigenvalue weighted by atomic mass is 9.93. The first kappa shape index (κ1) is 23.4. The molecule has 33 heavy (non-hydrogen) atoms. The Hall–Kier alpha value is -2.77. The van der Waals surface area contributed by atoms with Gasteiger partial charge in [-0.05, 0) is 90.3 Å². The fourth-order valence-electron chi connectivity index (χ4n) is 5.38. The van der Waals surface area contributed by atoms with E-state index in [4.69, 9.17) is 19.5 Å². The molecule has 3 aliphatic rings. The van der Waals surface area contributed by atoms with Crippen LogP contribution >= 0.6 is 0 Å². The van der Waals surface area contributed by atoms with Gasteiger partial charge in [-0.15, -0.1) is 0 Å². The minimum Gasteiger partial charge on any atom is -0.489 e. The highest BCUT2D eigenvalue weighted by molar-refractivity contribution is 5.69. The molecule has 1 aromatic rings. The van der Waals surface area contributed by atoms with Crippen LogP contribution in [0.5, 0.6) is 5.75 Å². The van der Waals surface area contributed by atoms with E-state index in [1.165, 1.54) is 0 Å². The highest BCUT2D eigenvalue weighted by Crippen LogP contribution is 2.39. The van der Waals surface area contributed by atoms with Crippen molar-refractivity contribution in [2.45, 2.75) is 108 Å². The summed E-state index contributed by atoms with van der Waals surface area (Å²) in [6, 6.07) is 9.57. The number of carbonyl (C=O) groups is 1. The summed E-state index contributed by atoms with van der Waals surface area (Å²) in [6.45, 7) is 5.72. The summed E-state index contributed by atoms with van der Waals surface area (Å²) in [5.74, 6) is 0.548. The zero-order chi connectivity index (χ0) is 23.6. The van der Waals surface area contributed by atoms with E-state index in [0.29, 0.717) is 16.9 Å². The number of nitrogens with zero attached hydrogens (tertiary/aromatic N) is 3. The first-order valence-electron chi connectivity index (χ1n) is 12.0. The molecule has 1 amide bonds. The quantitative estimate of drug-likeness (QED) is 0.634. The van der Waals surface area contributed by atoms with Gasteiger partial charge in [-0.1, -0.05) is 0 Å². The lowest BCUT2D eigenvalue weighted by Gasteiger charge is -2.41. The van der Waals surface area contributed by atoms with Gasteiger partial charge in [0.25, 0.3) is 0 Å². The first-order chi connectivity index (χ1) is 15.8. The smallest absolute Gasteiger partial charge is 0.410 e. The van der Waals surface area contributed by atoms with Crippen molar-refractivity contribution >= 4 is 6.09 Å². The van der Waals surface area contributed by atoms with E-state index in [2.05, 4.69) is 12.1 Å². The number of amides is 1. The number of hydrogen-bond acceptors (Lipinski definition) is 6. The van der Waals surface area contributed by atoms with Gasteiger partial charge in [-0.25, -0.2) is 4.79 Å². The first-order valence-corrected chi connectivity index (χ1v) is 12.0. The Morgan fingerprint density at radius 2 is 1.58 bits per heavy atom. The summed E-state index contributed by atoms with van der Waals surface area (Å²) in [4.78, 5) is 14.6. The molecule has 2 aliphatic heterocycles. The van der Waals surface area contributed by atoms with E-state index in [9.17, 15) is 10.1 Å². The molecule has 2 heterocycles. The van der Waals surface area contributed by atoms with Gasteiger partial charge in [0.2, 0.25) is 0 Å². The van der Waals surface area contributed by atoms with E-state index in [-0.39, 0.29) is 36.5 Å². The minimum atomic E-state index is -0.476. The van der Waals surface area contributed by atoms with Crippen LogP contribution in [0, 0.1) is 22.7 Å². The van der Waals surface area contributed by atoms with Crippen molar-refractivity contribution in [3.05, 3.63) is 29.3 Å². The van der Waals surface area contributed by atoms with Crippen molar-refractivity contribution in [3.8, 4) is 17.9 Å². The molecule has 0 N–H and O–H groups in total. The van der Waals surface area contributed by atoms with Crippen LogP contribution in [0.4, 0.5) is 4.79 Å². The highest BCUT2D eigenvalue weighted by Gasteiger charge is 2.45. The van der Waals surface area contributed by atoms with Crippen molar-refractivity contribution in [2.24, 2.45) is 0 Å². The summed E-state index contributed by atoms with van der Waals surface area (Å²) in [6.07, 6.45) is 7.65. The monoisotopic (exact) mass is 451 g/mol. The summed E-state index contributed by atoms with van der Waals surface area (Å²) in [7, 11) is 0. The molecular weight excluding hydrogens is 418 g/mol. The maximum absolute atomic E-state index is 12.7. The highest BCUT2D eigenvalue weighted by atomic mass is 16.6. The SMILES string of the molecule is CC(C)(C)OC(=O)N1C2CCC1CC(OC1CCC(Oc3ccc(C#N)cc3C#N)CC1)C2. The van der Waals surface area contributed by atoms with Crippen LogP contribution < -0.4 is 4.74 Å². The van der Waals surface area contributed by atoms with E-state index < -0.39 is 5.60 Å². The molecule has 0 spiro atoms. The van der Waals surface area contributed by atoms with Gasteiger partial charge >= 0.3 is 6.09 Å². The molecule has 1 aliphatic carbocycles. The molecule has 2 atom stereocenters. The third-order valence-electron chi connectivity index (χ3n) is 6.82. The topological polar surface area (TPSA) is 95.6 Å². The molecule has 176 valence electrons.